The topological polar surface area (TPSA) is 58.1 Å². The van der Waals surface area contributed by atoms with Crippen molar-refractivity contribution < 1.29 is 4.79 Å². The Hall–Kier alpha value is -1.49. The number of rotatable bonds is 3. The van der Waals surface area contributed by atoms with Gasteiger partial charge in [-0.25, -0.2) is 9.97 Å². The number of hydrogen-bond donors (Lipinski definition) is 1. The van der Waals surface area contributed by atoms with E-state index in [0.29, 0.717) is 25.4 Å². The highest BCUT2D eigenvalue weighted by Gasteiger charge is 2.39. The zero-order valence-electron chi connectivity index (χ0n) is 15.6. The lowest BCUT2D eigenvalue weighted by atomic mass is 9.74. The van der Waals surface area contributed by atoms with E-state index in [4.69, 9.17) is 0 Å². The van der Waals surface area contributed by atoms with Gasteiger partial charge in [-0.05, 0) is 46.5 Å². The van der Waals surface area contributed by atoms with Gasteiger partial charge in [-0.1, -0.05) is 6.92 Å². The molecule has 1 amide bonds. The van der Waals surface area contributed by atoms with Crippen LogP contribution >= 0.6 is 0 Å². The highest BCUT2D eigenvalue weighted by molar-refractivity contribution is 5.77. The quantitative estimate of drug-likeness (QED) is 0.926. The van der Waals surface area contributed by atoms with E-state index in [0.717, 1.165) is 36.3 Å². The summed E-state index contributed by atoms with van der Waals surface area (Å²) < 4.78 is 0. The number of nitrogens with zero attached hydrogens (tertiary/aromatic N) is 3. The molecular formula is C19H30N4O. The molecule has 0 bridgehead atoms. The van der Waals surface area contributed by atoms with Crippen molar-refractivity contribution in [3.63, 3.8) is 0 Å². The van der Waals surface area contributed by atoms with E-state index < -0.39 is 0 Å². The SMILES string of the molecule is CCc1ncc2c(n1)CN(C(=O)CC1CC(C)(C)NC(C)(C)C1)C2. The molecule has 1 aromatic rings. The van der Waals surface area contributed by atoms with Crippen molar-refractivity contribution in [3.05, 3.63) is 23.3 Å². The summed E-state index contributed by atoms with van der Waals surface area (Å²) >= 11 is 0. The minimum absolute atomic E-state index is 0.0855. The molecular weight excluding hydrogens is 300 g/mol. The van der Waals surface area contributed by atoms with Crippen molar-refractivity contribution in [2.24, 2.45) is 5.92 Å². The fourth-order valence-electron chi connectivity index (χ4n) is 4.60. The largest absolute Gasteiger partial charge is 0.332 e. The molecule has 3 heterocycles. The normalized spacial score (nSPS) is 22.5. The van der Waals surface area contributed by atoms with Gasteiger partial charge in [0.15, 0.2) is 0 Å². The summed E-state index contributed by atoms with van der Waals surface area (Å²) in [5.74, 6) is 1.55. The Kier molecular flexibility index (Phi) is 4.41. The minimum atomic E-state index is 0.0855. The Morgan fingerprint density at radius 3 is 2.54 bits per heavy atom. The molecule has 0 aromatic carbocycles. The van der Waals surface area contributed by atoms with Gasteiger partial charge >= 0.3 is 0 Å². The molecule has 5 nitrogen and oxygen atoms in total. The van der Waals surface area contributed by atoms with Crippen LogP contribution in [0, 0.1) is 5.92 Å². The van der Waals surface area contributed by atoms with Crippen LogP contribution in [0.25, 0.3) is 0 Å². The Balaban J connectivity index is 1.64. The second-order valence-corrected chi connectivity index (χ2v) is 8.73. The maximum Gasteiger partial charge on any atom is 0.223 e. The van der Waals surface area contributed by atoms with Gasteiger partial charge in [0.1, 0.15) is 5.82 Å². The first-order valence-electron chi connectivity index (χ1n) is 9.08. The Morgan fingerprint density at radius 2 is 1.92 bits per heavy atom. The molecule has 3 rings (SSSR count). The third-order valence-electron chi connectivity index (χ3n) is 5.11. The molecule has 1 fully saturated rings. The molecule has 24 heavy (non-hydrogen) atoms. The van der Waals surface area contributed by atoms with Crippen molar-refractivity contribution in [2.45, 2.75) is 84.5 Å². The molecule has 1 aromatic heterocycles. The Morgan fingerprint density at radius 1 is 1.25 bits per heavy atom. The molecule has 2 aliphatic rings. The molecule has 0 spiro atoms. The van der Waals surface area contributed by atoms with Gasteiger partial charge in [-0.15, -0.1) is 0 Å². The first-order chi connectivity index (χ1) is 11.2. The maximum absolute atomic E-state index is 12.8. The summed E-state index contributed by atoms with van der Waals surface area (Å²) in [6.07, 6.45) is 5.45. The predicted octanol–water partition coefficient (Wildman–Crippen LogP) is 2.83. The van der Waals surface area contributed by atoms with Gasteiger partial charge in [-0.3, -0.25) is 4.79 Å². The smallest absolute Gasteiger partial charge is 0.223 e. The molecule has 2 aliphatic heterocycles. The number of fused-ring (bicyclic) bond motifs is 1. The Bertz CT molecular complexity index is 622. The van der Waals surface area contributed by atoms with Crippen LogP contribution in [0.2, 0.25) is 0 Å². The monoisotopic (exact) mass is 330 g/mol. The van der Waals surface area contributed by atoms with Crippen LogP contribution in [0.15, 0.2) is 6.20 Å². The number of piperidine rings is 1. The highest BCUT2D eigenvalue weighted by Crippen LogP contribution is 2.35. The molecule has 0 aliphatic carbocycles. The summed E-state index contributed by atoms with van der Waals surface area (Å²) in [5.41, 5.74) is 2.30. The van der Waals surface area contributed by atoms with Crippen LogP contribution in [0.1, 0.15) is 71.0 Å². The lowest BCUT2D eigenvalue weighted by Crippen LogP contribution is -2.58. The third-order valence-corrected chi connectivity index (χ3v) is 5.11. The maximum atomic E-state index is 12.8. The van der Waals surface area contributed by atoms with Crippen molar-refractivity contribution >= 4 is 5.91 Å². The standard InChI is InChI=1S/C19H30N4O/c1-6-16-20-10-14-11-23(12-15(14)21-16)17(24)7-13-8-18(2,3)22-19(4,5)9-13/h10,13,22H,6-9,11-12H2,1-5H3. The summed E-state index contributed by atoms with van der Waals surface area (Å²) in [7, 11) is 0. The van der Waals surface area contributed by atoms with E-state index in [2.05, 4.69) is 49.9 Å². The minimum Gasteiger partial charge on any atom is -0.332 e. The van der Waals surface area contributed by atoms with Crippen molar-refractivity contribution in [3.8, 4) is 0 Å². The van der Waals surface area contributed by atoms with Gasteiger partial charge in [0.2, 0.25) is 5.91 Å². The van der Waals surface area contributed by atoms with Gasteiger partial charge in [0.25, 0.3) is 0 Å². The van der Waals surface area contributed by atoms with Gasteiger partial charge in [0, 0.05) is 42.2 Å². The van der Waals surface area contributed by atoms with Gasteiger partial charge in [-0.2, -0.15) is 0 Å². The molecule has 132 valence electrons. The summed E-state index contributed by atoms with van der Waals surface area (Å²) in [4.78, 5) is 23.7. The van der Waals surface area contributed by atoms with Gasteiger partial charge in [0.05, 0.1) is 12.2 Å². The number of aromatic nitrogens is 2. The molecule has 0 atom stereocenters. The molecule has 5 heteroatoms. The molecule has 1 N–H and O–H groups in total. The number of hydrogen-bond acceptors (Lipinski definition) is 4. The first kappa shape index (κ1) is 17.3. The average molecular weight is 330 g/mol. The van der Waals surface area contributed by atoms with Crippen LogP contribution in [0.5, 0.6) is 0 Å². The first-order valence-corrected chi connectivity index (χ1v) is 9.08. The second kappa shape index (κ2) is 6.10. The van der Waals surface area contributed by atoms with Crippen molar-refractivity contribution in [1.29, 1.82) is 0 Å². The van der Waals surface area contributed by atoms with Crippen LogP contribution < -0.4 is 5.32 Å². The zero-order valence-corrected chi connectivity index (χ0v) is 15.6. The van der Waals surface area contributed by atoms with E-state index in [1.807, 2.05) is 11.1 Å². The van der Waals surface area contributed by atoms with Crippen molar-refractivity contribution in [2.75, 3.05) is 0 Å². The van der Waals surface area contributed by atoms with Crippen molar-refractivity contribution in [1.82, 2.24) is 20.2 Å². The molecule has 0 unspecified atom stereocenters. The molecule has 0 saturated carbocycles. The number of carbonyl (C=O) groups excluding carboxylic acids is 1. The fraction of sp³-hybridized carbons (Fsp3) is 0.737. The number of aryl methyl sites for hydroxylation is 1. The van der Waals surface area contributed by atoms with Crippen LogP contribution in [-0.2, 0) is 24.3 Å². The van der Waals surface area contributed by atoms with E-state index in [1.165, 1.54) is 0 Å². The molecule has 1 saturated heterocycles. The third kappa shape index (κ3) is 3.77. The lowest BCUT2D eigenvalue weighted by molar-refractivity contribution is -0.133. The van der Waals surface area contributed by atoms with E-state index in [-0.39, 0.29) is 17.0 Å². The Labute approximate surface area is 145 Å². The molecule has 0 radical (unpaired) electrons. The lowest BCUT2D eigenvalue weighted by Gasteiger charge is -2.46. The number of nitrogens with one attached hydrogen (secondary N) is 1. The highest BCUT2D eigenvalue weighted by atomic mass is 16.2. The van der Waals surface area contributed by atoms with Gasteiger partial charge < -0.3 is 10.2 Å². The number of amides is 1. The van der Waals surface area contributed by atoms with Crippen LogP contribution in [-0.4, -0.2) is 31.9 Å². The summed E-state index contributed by atoms with van der Waals surface area (Å²) in [5, 5.41) is 3.69. The average Bonchev–Trinajstić information content (AvgIpc) is 2.86. The van der Waals surface area contributed by atoms with E-state index in [1.54, 1.807) is 0 Å². The van der Waals surface area contributed by atoms with E-state index >= 15 is 0 Å². The predicted molar refractivity (Wildman–Crippen MR) is 94.3 cm³/mol. The van der Waals surface area contributed by atoms with Crippen LogP contribution in [0.3, 0.4) is 0 Å². The number of carbonyl (C=O) groups is 1. The summed E-state index contributed by atoms with van der Waals surface area (Å²) in [6.45, 7) is 12.3. The fourth-order valence-corrected chi connectivity index (χ4v) is 4.60. The summed E-state index contributed by atoms with van der Waals surface area (Å²) in [6, 6.07) is 0. The second-order valence-electron chi connectivity index (χ2n) is 8.73. The van der Waals surface area contributed by atoms with Crippen LogP contribution in [0.4, 0.5) is 0 Å². The van der Waals surface area contributed by atoms with E-state index in [9.17, 15) is 4.79 Å². The zero-order chi connectivity index (χ0) is 17.5.